The Morgan fingerprint density at radius 2 is 1.56 bits per heavy atom. The van der Waals surface area contributed by atoms with E-state index < -0.39 is 49.5 Å². The SMILES string of the molecule is CCCCC(C#N)CC(C)(C)NCc1ccccc1NS(=O)(=O)c1c(F)c(F)c(F)c(F)c1F. The summed E-state index contributed by atoms with van der Waals surface area (Å²) >= 11 is 0. The van der Waals surface area contributed by atoms with Crippen LogP contribution in [0.5, 0.6) is 0 Å². The predicted molar refractivity (Wildman–Crippen MR) is 118 cm³/mol. The van der Waals surface area contributed by atoms with Crippen molar-refractivity contribution in [3.05, 3.63) is 58.9 Å². The van der Waals surface area contributed by atoms with Crippen LogP contribution in [0.1, 0.15) is 52.0 Å². The highest BCUT2D eigenvalue weighted by molar-refractivity contribution is 7.92. The Morgan fingerprint density at radius 1 is 1.00 bits per heavy atom. The molecular weight excluding hydrogens is 477 g/mol. The predicted octanol–water partition coefficient (Wildman–Crippen LogP) is 5.77. The van der Waals surface area contributed by atoms with E-state index in [0.29, 0.717) is 12.0 Å². The number of nitrogens with one attached hydrogen (secondary N) is 2. The van der Waals surface area contributed by atoms with E-state index in [1.807, 2.05) is 25.5 Å². The lowest BCUT2D eigenvalue weighted by atomic mass is 9.88. The molecule has 0 saturated carbocycles. The highest BCUT2D eigenvalue weighted by Gasteiger charge is 2.34. The summed E-state index contributed by atoms with van der Waals surface area (Å²) in [5.74, 6) is -12.2. The number of nitrogens with zero attached hydrogens (tertiary/aromatic N) is 1. The molecule has 2 N–H and O–H groups in total. The maximum atomic E-state index is 14.1. The first kappa shape index (κ1) is 27.5. The topological polar surface area (TPSA) is 82.0 Å². The Hall–Kier alpha value is -2.71. The summed E-state index contributed by atoms with van der Waals surface area (Å²) in [6.07, 6.45) is 3.15. The highest BCUT2D eigenvalue weighted by Crippen LogP contribution is 2.29. The normalized spacial score (nSPS) is 12.9. The number of hydrogen-bond donors (Lipinski definition) is 2. The van der Waals surface area contributed by atoms with Gasteiger partial charge in [0.05, 0.1) is 11.8 Å². The van der Waals surface area contributed by atoms with E-state index in [4.69, 9.17) is 0 Å². The first-order chi connectivity index (χ1) is 15.8. The first-order valence-electron chi connectivity index (χ1n) is 10.6. The molecule has 0 saturated heterocycles. The van der Waals surface area contributed by atoms with Gasteiger partial charge in [0.25, 0.3) is 10.0 Å². The van der Waals surface area contributed by atoms with Gasteiger partial charge in [0, 0.05) is 18.0 Å². The number of benzene rings is 2. The smallest absolute Gasteiger partial charge is 0.268 e. The van der Waals surface area contributed by atoms with Crippen molar-refractivity contribution >= 4 is 15.7 Å². The maximum Gasteiger partial charge on any atom is 0.268 e. The van der Waals surface area contributed by atoms with E-state index in [0.717, 1.165) is 19.3 Å². The maximum absolute atomic E-state index is 14.1. The number of hydrogen-bond acceptors (Lipinski definition) is 4. The van der Waals surface area contributed by atoms with Crippen LogP contribution in [0.2, 0.25) is 0 Å². The summed E-state index contributed by atoms with van der Waals surface area (Å²) < 4.78 is 95.6. The van der Waals surface area contributed by atoms with Gasteiger partial charge in [0.15, 0.2) is 28.2 Å². The molecule has 0 aliphatic rings. The van der Waals surface area contributed by atoms with Gasteiger partial charge in [-0.25, -0.2) is 30.4 Å². The molecule has 0 spiro atoms. The summed E-state index contributed by atoms with van der Waals surface area (Å²) in [5, 5.41) is 12.6. The Balaban J connectivity index is 2.28. The average Bonchev–Trinajstić information content (AvgIpc) is 2.78. The molecule has 1 unspecified atom stereocenters. The van der Waals surface area contributed by atoms with Gasteiger partial charge in [-0.3, -0.25) is 4.72 Å². The minimum atomic E-state index is -5.16. The fourth-order valence-electron chi connectivity index (χ4n) is 3.48. The van der Waals surface area contributed by atoms with Crippen LogP contribution in [0.25, 0.3) is 0 Å². The molecule has 0 aromatic heterocycles. The molecular formula is C23H26F5N3O2S. The quantitative estimate of drug-likeness (QED) is 0.232. The van der Waals surface area contributed by atoms with E-state index in [-0.39, 0.29) is 18.2 Å². The van der Waals surface area contributed by atoms with Crippen molar-refractivity contribution in [2.24, 2.45) is 5.92 Å². The first-order valence-corrected chi connectivity index (χ1v) is 12.1. The van der Waals surface area contributed by atoms with Gasteiger partial charge in [0.2, 0.25) is 5.82 Å². The third-order valence-corrected chi connectivity index (χ3v) is 6.69. The Labute approximate surface area is 196 Å². The molecule has 0 aliphatic heterocycles. The molecule has 34 heavy (non-hydrogen) atoms. The molecule has 0 heterocycles. The largest absolute Gasteiger partial charge is 0.308 e. The Bertz CT molecular complexity index is 1150. The second-order valence-corrected chi connectivity index (χ2v) is 10.2. The van der Waals surface area contributed by atoms with Gasteiger partial charge in [0.1, 0.15) is 0 Å². The van der Waals surface area contributed by atoms with Crippen molar-refractivity contribution in [2.75, 3.05) is 4.72 Å². The van der Waals surface area contributed by atoms with Gasteiger partial charge in [-0.1, -0.05) is 38.0 Å². The lowest BCUT2D eigenvalue weighted by Gasteiger charge is -2.29. The van der Waals surface area contributed by atoms with Gasteiger partial charge in [-0.05, 0) is 38.3 Å². The Morgan fingerprint density at radius 3 is 2.12 bits per heavy atom. The minimum absolute atomic E-state index is 0.0995. The number of unbranched alkanes of at least 4 members (excludes halogenated alkanes) is 1. The summed E-state index contributed by atoms with van der Waals surface area (Å²) in [7, 11) is -5.16. The molecule has 186 valence electrons. The van der Waals surface area contributed by atoms with Crippen LogP contribution in [-0.4, -0.2) is 14.0 Å². The molecule has 0 aliphatic carbocycles. The molecule has 2 rings (SSSR count). The van der Waals surface area contributed by atoms with Crippen molar-refractivity contribution in [2.45, 2.75) is 63.4 Å². The fourth-order valence-corrected chi connectivity index (χ4v) is 4.72. The summed E-state index contributed by atoms with van der Waals surface area (Å²) in [6.45, 7) is 5.90. The zero-order valence-corrected chi connectivity index (χ0v) is 19.8. The van der Waals surface area contributed by atoms with Gasteiger partial charge >= 0.3 is 0 Å². The van der Waals surface area contributed by atoms with Crippen molar-refractivity contribution in [1.29, 1.82) is 5.26 Å². The molecule has 0 fully saturated rings. The van der Waals surface area contributed by atoms with Crippen LogP contribution in [0, 0.1) is 46.3 Å². The van der Waals surface area contributed by atoms with Gasteiger partial charge in [-0.2, -0.15) is 5.26 Å². The van der Waals surface area contributed by atoms with Crippen molar-refractivity contribution in [1.82, 2.24) is 5.32 Å². The molecule has 2 aromatic carbocycles. The van der Waals surface area contributed by atoms with Crippen LogP contribution in [0.15, 0.2) is 29.2 Å². The number of para-hydroxylation sites is 1. The molecule has 0 amide bonds. The number of nitriles is 1. The monoisotopic (exact) mass is 503 g/mol. The summed E-state index contributed by atoms with van der Waals surface area (Å²) in [5.41, 5.74) is -0.246. The average molecular weight is 504 g/mol. The molecule has 2 aromatic rings. The second-order valence-electron chi connectivity index (χ2n) is 8.57. The van der Waals surface area contributed by atoms with E-state index in [1.165, 1.54) is 12.1 Å². The van der Waals surface area contributed by atoms with Crippen LogP contribution in [0.4, 0.5) is 27.6 Å². The van der Waals surface area contributed by atoms with Crippen LogP contribution >= 0.6 is 0 Å². The van der Waals surface area contributed by atoms with E-state index >= 15 is 0 Å². The fraction of sp³-hybridized carbons (Fsp3) is 0.435. The van der Waals surface area contributed by atoms with Gasteiger partial charge < -0.3 is 5.32 Å². The minimum Gasteiger partial charge on any atom is -0.308 e. The van der Waals surface area contributed by atoms with E-state index in [2.05, 4.69) is 11.4 Å². The van der Waals surface area contributed by atoms with E-state index in [1.54, 1.807) is 12.1 Å². The van der Waals surface area contributed by atoms with Crippen LogP contribution in [0.3, 0.4) is 0 Å². The van der Waals surface area contributed by atoms with E-state index in [9.17, 15) is 35.6 Å². The lowest BCUT2D eigenvalue weighted by Crippen LogP contribution is -2.40. The highest BCUT2D eigenvalue weighted by atomic mass is 32.2. The Kier molecular flexibility index (Phi) is 9.02. The summed E-state index contributed by atoms with van der Waals surface area (Å²) in [4.78, 5) is -1.96. The van der Waals surface area contributed by atoms with Crippen molar-refractivity contribution in [3.63, 3.8) is 0 Å². The molecule has 11 heteroatoms. The number of halogens is 5. The number of rotatable bonds is 11. The number of sulfonamides is 1. The molecule has 0 radical (unpaired) electrons. The van der Waals surface area contributed by atoms with Crippen LogP contribution in [-0.2, 0) is 16.6 Å². The zero-order chi connectivity index (χ0) is 25.7. The molecule has 1 atom stereocenters. The third-order valence-electron chi connectivity index (χ3n) is 5.30. The van der Waals surface area contributed by atoms with Crippen molar-refractivity contribution in [3.8, 4) is 6.07 Å². The van der Waals surface area contributed by atoms with Crippen molar-refractivity contribution < 1.29 is 30.4 Å². The molecule has 5 nitrogen and oxygen atoms in total. The third kappa shape index (κ3) is 6.45. The van der Waals surface area contributed by atoms with Gasteiger partial charge in [-0.15, -0.1) is 0 Å². The zero-order valence-electron chi connectivity index (χ0n) is 19.0. The summed E-state index contributed by atoms with van der Waals surface area (Å²) in [6, 6.07) is 8.17. The second kappa shape index (κ2) is 11.1. The standard InChI is InChI=1S/C23H26F5N3O2S/c1-4-5-8-14(12-29)11-23(2,3)30-13-15-9-6-7-10-16(15)31-34(32,33)22-20(27)18(25)17(24)19(26)21(22)28/h6-7,9-10,14,30-31H,4-5,8,11,13H2,1-3H3. The van der Waals surface area contributed by atoms with Crippen LogP contribution < -0.4 is 10.0 Å². The number of anilines is 1. The molecule has 0 bridgehead atoms. The lowest BCUT2D eigenvalue weighted by molar-refractivity contribution is 0.313.